The molecule has 1 amide bonds. The highest BCUT2D eigenvalue weighted by atomic mass is 19.4. The fourth-order valence-electron chi connectivity index (χ4n) is 4.90. The molecule has 2 atom stereocenters. The van der Waals surface area contributed by atoms with Gasteiger partial charge in [0.05, 0.1) is 12.5 Å². The summed E-state index contributed by atoms with van der Waals surface area (Å²) < 4.78 is 37.6. The third-order valence-corrected chi connectivity index (χ3v) is 6.30. The molecule has 1 spiro atoms. The van der Waals surface area contributed by atoms with E-state index in [2.05, 4.69) is 0 Å². The van der Waals surface area contributed by atoms with E-state index in [-0.39, 0.29) is 18.4 Å². The van der Waals surface area contributed by atoms with Crippen molar-refractivity contribution >= 4 is 5.91 Å². The van der Waals surface area contributed by atoms with Crippen molar-refractivity contribution in [1.29, 1.82) is 0 Å². The van der Waals surface area contributed by atoms with Gasteiger partial charge in [0.25, 0.3) is 0 Å². The molecule has 4 nitrogen and oxygen atoms in total. The molecule has 2 aliphatic heterocycles. The Morgan fingerprint density at radius 3 is 2.48 bits per heavy atom. The molecule has 2 saturated heterocycles. The summed E-state index contributed by atoms with van der Waals surface area (Å²) in [6.07, 6.45) is 0.688. The highest BCUT2D eigenvalue weighted by Gasteiger charge is 2.47. The van der Waals surface area contributed by atoms with E-state index < -0.39 is 24.1 Å². The van der Waals surface area contributed by atoms with Gasteiger partial charge in [0.15, 0.2) is 0 Å². The van der Waals surface area contributed by atoms with Gasteiger partial charge in [0.2, 0.25) is 5.91 Å². The van der Waals surface area contributed by atoms with Crippen molar-refractivity contribution in [3.63, 3.8) is 0 Å². The number of rotatable bonds is 3. The summed E-state index contributed by atoms with van der Waals surface area (Å²) in [6, 6.07) is 0. The van der Waals surface area contributed by atoms with Crippen LogP contribution in [-0.4, -0.2) is 65.8 Å². The minimum Gasteiger partial charge on any atom is -0.392 e. The number of hydrogen-bond acceptors (Lipinski definition) is 3. The zero-order valence-electron chi connectivity index (χ0n) is 14.7. The predicted octanol–water partition coefficient (Wildman–Crippen LogP) is 2.80. The van der Waals surface area contributed by atoms with Crippen molar-refractivity contribution in [2.45, 2.75) is 63.6 Å². The number of aliphatic hydroxyl groups is 1. The molecule has 0 unspecified atom stereocenters. The van der Waals surface area contributed by atoms with E-state index >= 15 is 0 Å². The second-order valence-corrected chi connectivity index (χ2v) is 8.15. The highest BCUT2D eigenvalue weighted by molar-refractivity contribution is 5.79. The molecule has 0 radical (unpaired) electrons. The molecule has 0 aromatic heterocycles. The van der Waals surface area contributed by atoms with Crippen LogP contribution < -0.4 is 0 Å². The fourth-order valence-corrected chi connectivity index (χ4v) is 4.90. The van der Waals surface area contributed by atoms with Crippen LogP contribution in [0.25, 0.3) is 0 Å². The molecule has 1 saturated carbocycles. The summed E-state index contributed by atoms with van der Waals surface area (Å²) in [5.41, 5.74) is -0.462. The lowest BCUT2D eigenvalue weighted by atomic mass is 9.71. The molecule has 25 heavy (non-hydrogen) atoms. The van der Waals surface area contributed by atoms with E-state index in [0.717, 1.165) is 38.5 Å². The number of aliphatic hydroxyl groups excluding tert-OH is 1. The van der Waals surface area contributed by atoms with Gasteiger partial charge < -0.3 is 14.9 Å². The summed E-state index contributed by atoms with van der Waals surface area (Å²) in [4.78, 5) is 16.5. The Bertz CT molecular complexity index is 479. The molecule has 3 aliphatic rings. The molecule has 144 valence electrons. The fraction of sp³-hybridized carbons (Fsp3) is 0.944. The van der Waals surface area contributed by atoms with Crippen LogP contribution in [0.5, 0.6) is 0 Å². The normalized spacial score (nSPS) is 32.5. The maximum Gasteiger partial charge on any atom is 0.390 e. The van der Waals surface area contributed by atoms with Crippen molar-refractivity contribution in [3.05, 3.63) is 0 Å². The molecule has 1 aliphatic carbocycles. The van der Waals surface area contributed by atoms with Crippen molar-refractivity contribution in [2.75, 3.05) is 32.7 Å². The van der Waals surface area contributed by atoms with E-state index in [4.69, 9.17) is 0 Å². The summed E-state index contributed by atoms with van der Waals surface area (Å²) in [7, 11) is 0. The Kier molecular flexibility index (Phi) is 5.63. The molecule has 3 rings (SSSR count). The maximum absolute atomic E-state index is 12.8. The van der Waals surface area contributed by atoms with Gasteiger partial charge in [-0.1, -0.05) is 12.8 Å². The summed E-state index contributed by atoms with van der Waals surface area (Å²) in [6.45, 7) is 2.14. The Morgan fingerprint density at radius 1 is 1.08 bits per heavy atom. The molecule has 0 aromatic rings. The maximum atomic E-state index is 12.8. The van der Waals surface area contributed by atoms with Crippen LogP contribution in [0.3, 0.4) is 0 Å². The van der Waals surface area contributed by atoms with Crippen molar-refractivity contribution in [1.82, 2.24) is 9.80 Å². The van der Waals surface area contributed by atoms with Gasteiger partial charge in [-0.05, 0) is 32.1 Å². The standard InChI is InChI=1S/C18H29F3N2O2/c19-18(20,21)8-11-22-10-6-15(24)17(12-22)7-3-9-23(13-17)16(25)14-4-1-2-5-14/h14-15,24H,1-13H2/t15-,17-/m1/s1. The van der Waals surface area contributed by atoms with E-state index in [0.29, 0.717) is 32.6 Å². The minimum atomic E-state index is -4.15. The Labute approximate surface area is 147 Å². The van der Waals surface area contributed by atoms with Crippen LogP contribution >= 0.6 is 0 Å². The average Bonchev–Trinajstić information content (AvgIpc) is 3.09. The number of nitrogens with zero attached hydrogens (tertiary/aromatic N) is 2. The third kappa shape index (κ3) is 4.48. The van der Waals surface area contributed by atoms with Crippen molar-refractivity contribution in [2.24, 2.45) is 11.3 Å². The smallest absolute Gasteiger partial charge is 0.390 e. The van der Waals surface area contributed by atoms with Gasteiger partial charge in [-0.3, -0.25) is 4.79 Å². The number of amides is 1. The number of carbonyl (C=O) groups is 1. The monoisotopic (exact) mass is 362 g/mol. The number of likely N-dealkylation sites (tertiary alicyclic amines) is 2. The summed E-state index contributed by atoms with van der Waals surface area (Å²) in [5.74, 6) is 0.299. The van der Waals surface area contributed by atoms with Gasteiger partial charge >= 0.3 is 6.18 Å². The first-order valence-corrected chi connectivity index (χ1v) is 9.55. The number of alkyl halides is 3. The Hall–Kier alpha value is -0.820. The van der Waals surface area contributed by atoms with E-state index in [1.165, 1.54) is 0 Å². The molecule has 1 N–H and O–H groups in total. The number of piperidine rings is 2. The van der Waals surface area contributed by atoms with Gasteiger partial charge in [0, 0.05) is 44.1 Å². The highest BCUT2D eigenvalue weighted by Crippen LogP contribution is 2.40. The largest absolute Gasteiger partial charge is 0.392 e. The lowest BCUT2D eigenvalue weighted by molar-refractivity contribution is -0.150. The Morgan fingerprint density at radius 2 is 1.80 bits per heavy atom. The quantitative estimate of drug-likeness (QED) is 0.840. The SMILES string of the molecule is O=C(C1CCCC1)N1CCC[C@@]2(CN(CCC(F)(F)F)CC[C@H]2O)C1. The number of hydrogen-bond donors (Lipinski definition) is 1. The molecule has 7 heteroatoms. The van der Waals surface area contributed by atoms with E-state index in [1.54, 1.807) is 0 Å². The molecule has 2 heterocycles. The molecule has 0 aromatic carbocycles. The van der Waals surface area contributed by atoms with E-state index in [9.17, 15) is 23.1 Å². The third-order valence-electron chi connectivity index (χ3n) is 6.30. The summed E-state index contributed by atoms with van der Waals surface area (Å²) in [5, 5.41) is 10.6. The van der Waals surface area contributed by atoms with Crippen LogP contribution in [0.15, 0.2) is 0 Å². The lowest BCUT2D eigenvalue weighted by Gasteiger charge is -2.51. The van der Waals surface area contributed by atoms with Crippen molar-refractivity contribution < 1.29 is 23.1 Å². The first kappa shape index (κ1) is 19.0. The van der Waals surface area contributed by atoms with Gasteiger partial charge in [-0.2, -0.15) is 13.2 Å². The van der Waals surface area contributed by atoms with Crippen LogP contribution in [-0.2, 0) is 4.79 Å². The second kappa shape index (κ2) is 7.43. The van der Waals surface area contributed by atoms with Crippen LogP contribution in [0.1, 0.15) is 51.4 Å². The first-order chi connectivity index (χ1) is 11.8. The van der Waals surface area contributed by atoms with Gasteiger partial charge in [-0.25, -0.2) is 0 Å². The van der Waals surface area contributed by atoms with Gasteiger partial charge in [0.1, 0.15) is 0 Å². The lowest BCUT2D eigenvalue weighted by Crippen LogP contribution is -2.60. The van der Waals surface area contributed by atoms with Crippen LogP contribution in [0.2, 0.25) is 0 Å². The number of carbonyl (C=O) groups excluding carboxylic acids is 1. The van der Waals surface area contributed by atoms with Crippen molar-refractivity contribution in [3.8, 4) is 0 Å². The average molecular weight is 362 g/mol. The minimum absolute atomic E-state index is 0.0193. The molecular formula is C18H29F3N2O2. The topological polar surface area (TPSA) is 43.8 Å². The first-order valence-electron chi connectivity index (χ1n) is 9.55. The molecule has 0 bridgehead atoms. The van der Waals surface area contributed by atoms with Crippen LogP contribution in [0, 0.1) is 11.3 Å². The zero-order valence-corrected chi connectivity index (χ0v) is 14.7. The Balaban J connectivity index is 1.64. The predicted molar refractivity (Wildman–Crippen MR) is 87.9 cm³/mol. The molecule has 3 fully saturated rings. The summed E-state index contributed by atoms with van der Waals surface area (Å²) >= 11 is 0. The van der Waals surface area contributed by atoms with E-state index in [1.807, 2.05) is 9.80 Å². The zero-order chi connectivity index (χ0) is 18.1. The molecular weight excluding hydrogens is 333 g/mol. The second-order valence-electron chi connectivity index (χ2n) is 8.15. The van der Waals surface area contributed by atoms with Crippen LogP contribution in [0.4, 0.5) is 13.2 Å². The number of halogens is 3. The van der Waals surface area contributed by atoms with Gasteiger partial charge in [-0.15, -0.1) is 0 Å².